The van der Waals surface area contributed by atoms with E-state index >= 15 is 0 Å². The zero-order valence-corrected chi connectivity index (χ0v) is 9.66. The fourth-order valence-electron chi connectivity index (χ4n) is 1.20. The minimum absolute atomic E-state index is 0.0589. The molecule has 1 amide bonds. The summed E-state index contributed by atoms with van der Waals surface area (Å²) in [7, 11) is 1.54. The van der Waals surface area contributed by atoms with Crippen LogP contribution in [0.4, 0.5) is 11.9 Å². The fraction of sp³-hybridized carbons (Fsp3) is 0.222. The molecule has 0 aliphatic heterocycles. The summed E-state index contributed by atoms with van der Waals surface area (Å²) in [5.41, 5.74) is 5.57. The Morgan fingerprint density at radius 1 is 1.44 bits per heavy atom. The first-order chi connectivity index (χ1) is 8.69. The monoisotopic (exact) mass is 248 g/mol. The number of hydrogen-bond acceptors (Lipinski definition) is 7. The summed E-state index contributed by atoms with van der Waals surface area (Å²) in [5.74, 6) is 0.445. The third kappa shape index (κ3) is 2.70. The molecule has 2 aromatic rings. The Morgan fingerprint density at radius 3 is 2.94 bits per heavy atom. The maximum atomic E-state index is 11.1. The van der Waals surface area contributed by atoms with Crippen molar-refractivity contribution in [2.24, 2.45) is 0 Å². The molecule has 0 aromatic carbocycles. The number of nitrogen functional groups attached to an aromatic ring is 1. The molecule has 0 aliphatic rings. The van der Waals surface area contributed by atoms with Crippen LogP contribution in [0.1, 0.15) is 0 Å². The van der Waals surface area contributed by atoms with Gasteiger partial charge in [0.2, 0.25) is 23.8 Å². The van der Waals surface area contributed by atoms with Gasteiger partial charge in [-0.05, 0) is 0 Å². The lowest BCUT2D eigenvalue weighted by molar-refractivity contribution is -0.118. The summed E-state index contributed by atoms with van der Waals surface area (Å²) in [6, 6.07) is 0. The number of likely N-dealkylation sites (N-methyl/N-ethyl adjacent to an activating group) is 1. The number of anilines is 2. The zero-order valence-electron chi connectivity index (χ0n) is 9.66. The van der Waals surface area contributed by atoms with E-state index < -0.39 is 0 Å². The minimum Gasteiger partial charge on any atom is -0.368 e. The molecule has 4 N–H and O–H groups in total. The molecular formula is C9H12N8O. The third-order valence-electron chi connectivity index (χ3n) is 2.06. The molecule has 18 heavy (non-hydrogen) atoms. The van der Waals surface area contributed by atoms with Gasteiger partial charge in [-0.2, -0.15) is 15.0 Å². The molecule has 2 heterocycles. The Morgan fingerprint density at radius 2 is 2.28 bits per heavy atom. The van der Waals surface area contributed by atoms with Crippen LogP contribution in [0.15, 0.2) is 18.7 Å². The number of nitrogens with zero attached hydrogens (tertiary/aromatic N) is 5. The van der Waals surface area contributed by atoms with Gasteiger partial charge in [0.05, 0.1) is 6.54 Å². The predicted molar refractivity (Wildman–Crippen MR) is 63.9 cm³/mol. The topological polar surface area (TPSA) is 124 Å². The lowest BCUT2D eigenvalue weighted by atomic mass is 10.6. The average molecular weight is 248 g/mol. The molecule has 2 rings (SSSR count). The highest BCUT2D eigenvalue weighted by atomic mass is 16.1. The van der Waals surface area contributed by atoms with Crippen LogP contribution in [0.2, 0.25) is 0 Å². The van der Waals surface area contributed by atoms with Gasteiger partial charge in [0.25, 0.3) is 0 Å². The highest BCUT2D eigenvalue weighted by molar-refractivity contribution is 5.79. The Kier molecular flexibility index (Phi) is 3.32. The number of imidazole rings is 1. The molecule has 0 bridgehead atoms. The van der Waals surface area contributed by atoms with Crippen LogP contribution in [-0.2, 0) is 4.79 Å². The molecule has 0 radical (unpaired) electrons. The van der Waals surface area contributed by atoms with Crippen molar-refractivity contribution in [2.45, 2.75) is 0 Å². The normalized spacial score (nSPS) is 10.1. The molecule has 0 unspecified atom stereocenters. The molecule has 9 heteroatoms. The number of carbonyl (C=O) groups excluding carboxylic acids is 1. The highest BCUT2D eigenvalue weighted by Gasteiger charge is 2.06. The van der Waals surface area contributed by atoms with E-state index in [2.05, 4.69) is 30.6 Å². The summed E-state index contributed by atoms with van der Waals surface area (Å²) in [5, 5.41) is 5.22. The number of nitrogens with one attached hydrogen (secondary N) is 2. The van der Waals surface area contributed by atoms with E-state index in [-0.39, 0.29) is 24.3 Å². The Labute approximate surface area is 102 Å². The number of nitrogens with two attached hydrogens (primary N) is 1. The van der Waals surface area contributed by atoms with Gasteiger partial charge in [0, 0.05) is 19.4 Å². The largest absolute Gasteiger partial charge is 0.368 e. The maximum Gasteiger partial charge on any atom is 0.241 e. The molecule has 0 saturated heterocycles. The van der Waals surface area contributed by atoms with Crippen LogP contribution in [0.25, 0.3) is 5.95 Å². The SMILES string of the molecule is CNC(=O)CNc1nc(N)nc(-n2ccnc2)n1. The zero-order chi connectivity index (χ0) is 13.0. The van der Waals surface area contributed by atoms with Crippen LogP contribution >= 0.6 is 0 Å². The van der Waals surface area contributed by atoms with Crippen LogP contribution in [-0.4, -0.2) is 44.0 Å². The molecule has 0 aliphatic carbocycles. The minimum atomic E-state index is -0.182. The van der Waals surface area contributed by atoms with Crippen LogP contribution in [0, 0.1) is 0 Å². The van der Waals surface area contributed by atoms with Crippen molar-refractivity contribution in [3.63, 3.8) is 0 Å². The first-order valence-corrected chi connectivity index (χ1v) is 5.13. The van der Waals surface area contributed by atoms with Crippen molar-refractivity contribution >= 4 is 17.8 Å². The third-order valence-corrected chi connectivity index (χ3v) is 2.06. The van der Waals surface area contributed by atoms with Crippen molar-refractivity contribution in [1.29, 1.82) is 0 Å². The van der Waals surface area contributed by atoms with Crippen LogP contribution < -0.4 is 16.4 Å². The summed E-state index contributed by atoms with van der Waals surface area (Å²) in [6.07, 6.45) is 4.81. The van der Waals surface area contributed by atoms with E-state index in [1.807, 2.05) is 0 Å². The number of rotatable bonds is 4. The number of aromatic nitrogens is 5. The predicted octanol–water partition coefficient (Wildman–Crippen LogP) is -1.20. The summed E-state index contributed by atoms with van der Waals surface area (Å²) >= 11 is 0. The lowest BCUT2D eigenvalue weighted by Crippen LogP contribution is -2.27. The van der Waals surface area contributed by atoms with Gasteiger partial charge in [0.15, 0.2) is 0 Å². The van der Waals surface area contributed by atoms with E-state index in [1.54, 1.807) is 24.0 Å². The molecule has 0 fully saturated rings. The molecule has 0 saturated carbocycles. The molecule has 9 nitrogen and oxygen atoms in total. The molecule has 2 aromatic heterocycles. The fourth-order valence-corrected chi connectivity index (χ4v) is 1.20. The average Bonchev–Trinajstić information content (AvgIpc) is 2.89. The van der Waals surface area contributed by atoms with E-state index in [4.69, 9.17) is 5.73 Å². The summed E-state index contributed by atoms with van der Waals surface area (Å²) < 4.78 is 1.59. The summed E-state index contributed by atoms with van der Waals surface area (Å²) in [6.45, 7) is 0.0589. The van der Waals surface area contributed by atoms with Crippen molar-refractivity contribution in [3.8, 4) is 5.95 Å². The van der Waals surface area contributed by atoms with Gasteiger partial charge in [-0.25, -0.2) is 4.98 Å². The maximum absolute atomic E-state index is 11.1. The van der Waals surface area contributed by atoms with Crippen molar-refractivity contribution in [1.82, 2.24) is 29.8 Å². The number of hydrogen-bond donors (Lipinski definition) is 3. The molecular weight excluding hydrogens is 236 g/mol. The Bertz CT molecular complexity index is 538. The molecule has 94 valence electrons. The van der Waals surface area contributed by atoms with E-state index in [9.17, 15) is 4.79 Å². The van der Waals surface area contributed by atoms with E-state index in [1.165, 1.54) is 6.33 Å². The van der Waals surface area contributed by atoms with Crippen molar-refractivity contribution in [3.05, 3.63) is 18.7 Å². The van der Waals surface area contributed by atoms with Gasteiger partial charge in [0.1, 0.15) is 6.33 Å². The second-order valence-electron chi connectivity index (χ2n) is 3.31. The molecule has 0 atom stereocenters. The lowest BCUT2D eigenvalue weighted by Gasteiger charge is -2.06. The van der Waals surface area contributed by atoms with Gasteiger partial charge in [-0.1, -0.05) is 0 Å². The number of amides is 1. The van der Waals surface area contributed by atoms with Gasteiger partial charge in [-0.3, -0.25) is 9.36 Å². The van der Waals surface area contributed by atoms with Crippen LogP contribution in [0.3, 0.4) is 0 Å². The summed E-state index contributed by atoms with van der Waals surface area (Å²) in [4.78, 5) is 26.9. The standard InChI is InChI=1S/C9H12N8O/c1-11-6(18)4-13-8-14-7(10)15-9(16-8)17-3-2-12-5-17/h2-3,5H,4H2,1H3,(H,11,18)(H3,10,13,14,15,16). The Balaban J connectivity index is 2.19. The van der Waals surface area contributed by atoms with Gasteiger partial charge < -0.3 is 16.4 Å². The number of carbonyl (C=O) groups is 1. The smallest absolute Gasteiger partial charge is 0.241 e. The van der Waals surface area contributed by atoms with Crippen molar-refractivity contribution < 1.29 is 4.79 Å². The van der Waals surface area contributed by atoms with E-state index in [0.717, 1.165) is 0 Å². The van der Waals surface area contributed by atoms with Gasteiger partial charge >= 0.3 is 0 Å². The van der Waals surface area contributed by atoms with Crippen LogP contribution in [0.5, 0.6) is 0 Å². The Hall–Kier alpha value is -2.71. The van der Waals surface area contributed by atoms with E-state index in [0.29, 0.717) is 5.95 Å². The van der Waals surface area contributed by atoms with Gasteiger partial charge in [-0.15, -0.1) is 0 Å². The first-order valence-electron chi connectivity index (χ1n) is 5.13. The molecule has 0 spiro atoms. The first kappa shape index (κ1) is 11.8. The second kappa shape index (κ2) is 5.08. The second-order valence-corrected chi connectivity index (χ2v) is 3.31. The highest BCUT2D eigenvalue weighted by Crippen LogP contribution is 2.06. The van der Waals surface area contributed by atoms with Crippen molar-refractivity contribution in [2.75, 3.05) is 24.6 Å². The quantitative estimate of drug-likeness (QED) is 0.620.